The summed E-state index contributed by atoms with van der Waals surface area (Å²) < 4.78 is 1.05. The third-order valence-corrected chi connectivity index (χ3v) is 4.56. The molecule has 3 aromatic rings. The first-order valence-electron chi connectivity index (χ1n) is 8.79. The first-order chi connectivity index (χ1) is 14.0. The number of carboxylic acid groups (broad SMARTS) is 1. The average Bonchev–Trinajstić information content (AvgIpc) is 3.18. The standard InChI is InChI=1S/C20H16N4O5/c25-17-11-5-1-3-7-13(11)23-16(17)15-12-6-2-4-8-14(12)24(18(15)26)19(27)21-9-10-22-20(28)29/h1-8,22,26H,9-10H2,(H,21,27)(H,28,29). The van der Waals surface area contributed by atoms with Gasteiger partial charge in [0, 0.05) is 24.0 Å². The molecule has 0 unspecified atom stereocenters. The van der Waals surface area contributed by atoms with Gasteiger partial charge in [0.25, 0.3) is 0 Å². The predicted octanol–water partition coefficient (Wildman–Crippen LogP) is 2.49. The molecule has 0 fully saturated rings. The van der Waals surface area contributed by atoms with Crippen LogP contribution in [0.5, 0.6) is 5.88 Å². The maximum absolute atomic E-state index is 12.8. The van der Waals surface area contributed by atoms with Gasteiger partial charge < -0.3 is 20.8 Å². The van der Waals surface area contributed by atoms with Gasteiger partial charge in [-0.1, -0.05) is 30.3 Å². The van der Waals surface area contributed by atoms with Crippen molar-refractivity contribution < 1.29 is 24.6 Å². The summed E-state index contributed by atoms with van der Waals surface area (Å²) in [6.45, 7) is 0.0339. The van der Waals surface area contributed by atoms with Gasteiger partial charge in [0.1, 0.15) is 5.71 Å². The van der Waals surface area contributed by atoms with Crippen LogP contribution in [0.25, 0.3) is 10.9 Å². The Morgan fingerprint density at radius 1 is 1.00 bits per heavy atom. The van der Waals surface area contributed by atoms with Crippen molar-refractivity contribution in [2.45, 2.75) is 0 Å². The van der Waals surface area contributed by atoms with Crippen LogP contribution in [-0.2, 0) is 0 Å². The van der Waals surface area contributed by atoms with Crippen LogP contribution in [0.4, 0.5) is 15.3 Å². The van der Waals surface area contributed by atoms with Crippen LogP contribution >= 0.6 is 0 Å². The lowest BCUT2D eigenvalue weighted by atomic mass is 10.0. The fourth-order valence-electron chi connectivity index (χ4n) is 3.31. The molecule has 4 rings (SSSR count). The molecule has 0 aliphatic carbocycles. The number of nitrogens with one attached hydrogen (secondary N) is 2. The number of nitrogens with zero attached hydrogens (tertiary/aromatic N) is 2. The third-order valence-electron chi connectivity index (χ3n) is 4.56. The molecule has 0 spiro atoms. The van der Waals surface area contributed by atoms with E-state index >= 15 is 0 Å². The highest BCUT2D eigenvalue weighted by molar-refractivity contribution is 6.56. The van der Waals surface area contributed by atoms with Crippen molar-refractivity contribution in [1.82, 2.24) is 15.2 Å². The predicted molar refractivity (Wildman–Crippen MR) is 105 cm³/mol. The summed E-state index contributed by atoms with van der Waals surface area (Å²) in [6, 6.07) is 13.0. The van der Waals surface area contributed by atoms with Gasteiger partial charge in [-0.3, -0.25) is 4.79 Å². The van der Waals surface area contributed by atoms with Crippen molar-refractivity contribution in [1.29, 1.82) is 0 Å². The number of carbonyl (C=O) groups excluding carboxylic acids is 2. The maximum atomic E-state index is 12.8. The molecular weight excluding hydrogens is 376 g/mol. The van der Waals surface area contributed by atoms with Gasteiger partial charge in [-0.05, 0) is 18.2 Å². The first-order valence-corrected chi connectivity index (χ1v) is 8.79. The van der Waals surface area contributed by atoms with Crippen molar-refractivity contribution in [3.8, 4) is 5.88 Å². The summed E-state index contributed by atoms with van der Waals surface area (Å²) >= 11 is 0. The molecule has 9 nitrogen and oxygen atoms in total. The van der Waals surface area contributed by atoms with E-state index in [4.69, 9.17) is 5.11 Å². The number of fused-ring (bicyclic) bond motifs is 2. The topological polar surface area (TPSA) is 133 Å². The number of aromatic nitrogens is 1. The summed E-state index contributed by atoms with van der Waals surface area (Å²) in [5, 5.41) is 24.6. The molecule has 2 amide bonds. The maximum Gasteiger partial charge on any atom is 0.404 e. The zero-order valence-corrected chi connectivity index (χ0v) is 15.0. The number of ketones is 1. The Kier molecular flexibility index (Phi) is 4.47. The quantitative estimate of drug-likeness (QED) is 0.506. The second kappa shape index (κ2) is 7.12. The van der Waals surface area contributed by atoms with Gasteiger partial charge in [-0.25, -0.2) is 19.1 Å². The normalized spacial score (nSPS) is 12.6. The molecule has 146 valence electrons. The van der Waals surface area contributed by atoms with E-state index in [1.54, 1.807) is 48.5 Å². The van der Waals surface area contributed by atoms with E-state index in [1.807, 2.05) is 0 Å². The van der Waals surface area contributed by atoms with Crippen molar-refractivity contribution in [3.63, 3.8) is 0 Å². The van der Waals surface area contributed by atoms with Gasteiger partial charge in [0.05, 0.1) is 16.8 Å². The Hall–Kier alpha value is -4.14. The number of rotatable bonds is 4. The van der Waals surface area contributed by atoms with E-state index in [9.17, 15) is 19.5 Å². The molecule has 2 aromatic carbocycles. The van der Waals surface area contributed by atoms with E-state index in [2.05, 4.69) is 15.6 Å². The number of para-hydroxylation sites is 2. The average molecular weight is 392 g/mol. The number of aliphatic imine (C=N–C) groups is 1. The lowest BCUT2D eigenvalue weighted by Crippen LogP contribution is -2.36. The molecule has 0 bridgehead atoms. The minimum Gasteiger partial charge on any atom is -0.494 e. The summed E-state index contributed by atoms with van der Waals surface area (Å²) in [6.07, 6.45) is -1.20. The van der Waals surface area contributed by atoms with Gasteiger partial charge in [0.2, 0.25) is 11.7 Å². The van der Waals surface area contributed by atoms with E-state index < -0.39 is 18.0 Å². The SMILES string of the molecule is O=C(O)NCCNC(=O)n1c(O)c(C2=Nc3ccccc3C2=O)c2ccccc21. The second-order valence-corrected chi connectivity index (χ2v) is 6.32. The lowest BCUT2D eigenvalue weighted by Gasteiger charge is -2.08. The van der Waals surface area contributed by atoms with Gasteiger partial charge in [-0.15, -0.1) is 0 Å². The van der Waals surface area contributed by atoms with Crippen LogP contribution in [0.3, 0.4) is 0 Å². The molecule has 4 N–H and O–H groups in total. The summed E-state index contributed by atoms with van der Waals surface area (Å²) in [5.74, 6) is -0.736. The van der Waals surface area contributed by atoms with Gasteiger partial charge in [-0.2, -0.15) is 0 Å². The Morgan fingerprint density at radius 2 is 1.69 bits per heavy atom. The zero-order valence-electron chi connectivity index (χ0n) is 15.0. The van der Waals surface area contributed by atoms with Crippen LogP contribution < -0.4 is 10.6 Å². The van der Waals surface area contributed by atoms with E-state index in [-0.39, 0.29) is 30.1 Å². The van der Waals surface area contributed by atoms with Crippen molar-refractivity contribution in [3.05, 3.63) is 59.7 Å². The third kappa shape index (κ3) is 3.08. The van der Waals surface area contributed by atoms with Crippen molar-refractivity contribution in [2.75, 3.05) is 13.1 Å². The van der Waals surface area contributed by atoms with Crippen molar-refractivity contribution in [2.24, 2.45) is 4.99 Å². The summed E-state index contributed by atoms with van der Waals surface area (Å²) in [5.41, 5.74) is 1.59. The molecule has 1 aliphatic heterocycles. The Labute approximate surface area is 164 Å². The number of hydrogen-bond acceptors (Lipinski definition) is 5. The Balaban J connectivity index is 1.74. The molecule has 0 atom stereocenters. The number of benzene rings is 2. The Bertz CT molecular complexity index is 1190. The van der Waals surface area contributed by atoms with E-state index in [0.29, 0.717) is 22.2 Å². The first kappa shape index (κ1) is 18.2. The van der Waals surface area contributed by atoms with Gasteiger partial charge in [0.15, 0.2) is 0 Å². The minimum absolute atomic E-state index is 0.00833. The van der Waals surface area contributed by atoms with Crippen LogP contribution in [0.1, 0.15) is 15.9 Å². The monoisotopic (exact) mass is 392 g/mol. The number of hydrogen-bond donors (Lipinski definition) is 4. The molecule has 0 radical (unpaired) electrons. The van der Waals surface area contributed by atoms with Crippen LogP contribution in [0.2, 0.25) is 0 Å². The second-order valence-electron chi connectivity index (χ2n) is 6.32. The van der Waals surface area contributed by atoms with E-state index in [1.165, 1.54) is 0 Å². The molecule has 1 aliphatic rings. The summed E-state index contributed by atoms with van der Waals surface area (Å²) in [4.78, 5) is 40.3. The van der Waals surface area contributed by atoms with E-state index in [0.717, 1.165) is 4.57 Å². The molecule has 2 heterocycles. The molecule has 29 heavy (non-hydrogen) atoms. The fraction of sp³-hybridized carbons (Fsp3) is 0.100. The van der Waals surface area contributed by atoms with Crippen LogP contribution in [-0.4, -0.2) is 51.5 Å². The number of aromatic hydroxyl groups is 1. The lowest BCUT2D eigenvalue weighted by molar-refractivity contribution is 0.106. The molecule has 9 heteroatoms. The Morgan fingerprint density at radius 3 is 2.45 bits per heavy atom. The smallest absolute Gasteiger partial charge is 0.404 e. The van der Waals surface area contributed by atoms with Crippen LogP contribution in [0, 0.1) is 0 Å². The van der Waals surface area contributed by atoms with Crippen LogP contribution in [0.15, 0.2) is 53.5 Å². The minimum atomic E-state index is -1.20. The van der Waals surface area contributed by atoms with Crippen molar-refractivity contribution >= 4 is 40.2 Å². The zero-order chi connectivity index (χ0) is 20.5. The number of carbonyl (C=O) groups is 3. The fourth-order valence-corrected chi connectivity index (χ4v) is 3.31. The largest absolute Gasteiger partial charge is 0.494 e. The molecule has 1 aromatic heterocycles. The van der Waals surface area contributed by atoms with Gasteiger partial charge >= 0.3 is 12.1 Å². The highest BCUT2D eigenvalue weighted by Crippen LogP contribution is 2.37. The molecular formula is C20H16N4O5. The number of Topliss-reactive ketones (excluding diaryl/α,β-unsaturated/α-hetero) is 1. The molecule has 0 saturated carbocycles. The highest BCUT2D eigenvalue weighted by Gasteiger charge is 2.32. The molecule has 0 saturated heterocycles. The highest BCUT2D eigenvalue weighted by atomic mass is 16.4. The summed E-state index contributed by atoms with van der Waals surface area (Å²) in [7, 11) is 0. The number of amides is 2.